The van der Waals surface area contributed by atoms with Crippen LogP contribution in [0.5, 0.6) is 5.75 Å². The van der Waals surface area contributed by atoms with Gasteiger partial charge in [-0.1, -0.05) is 12.1 Å². The molecule has 0 unspecified atom stereocenters. The predicted octanol–water partition coefficient (Wildman–Crippen LogP) is 5.20. The van der Waals surface area contributed by atoms with Gasteiger partial charge in [-0.05, 0) is 72.9 Å². The molecule has 1 aliphatic heterocycles. The van der Waals surface area contributed by atoms with E-state index >= 15 is 0 Å². The Morgan fingerprint density at radius 2 is 1.81 bits per heavy atom. The summed E-state index contributed by atoms with van der Waals surface area (Å²) in [5.41, 5.74) is 3.68. The summed E-state index contributed by atoms with van der Waals surface area (Å²) < 4.78 is 21.2. The second-order valence-electron chi connectivity index (χ2n) is 7.48. The maximum absolute atomic E-state index is 13.6. The lowest BCUT2D eigenvalue weighted by atomic mass is 10.0. The van der Waals surface area contributed by atoms with Crippen molar-refractivity contribution in [2.24, 2.45) is 0 Å². The van der Waals surface area contributed by atoms with Crippen LogP contribution in [0.2, 0.25) is 0 Å². The molecule has 0 spiro atoms. The van der Waals surface area contributed by atoms with Gasteiger partial charge in [-0.3, -0.25) is 4.98 Å². The van der Waals surface area contributed by atoms with Crippen LogP contribution >= 0.6 is 12.2 Å². The summed E-state index contributed by atoms with van der Waals surface area (Å²) >= 11 is 5.75. The molecule has 5 rings (SSSR count). The highest BCUT2D eigenvalue weighted by Gasteiger charge is 2.42. The highest BCUT2D eigenvalue weighted by Crippen LogP contribution is 2.42. The molecule has 3 heterocycles. The minimum Gasteiger partial charge on any atom is -0.497 e. The van der Waals surface area contributed by atoms with Crippen LogP contribution in [0.1, 0.15) is 23.5 Å². The average Bonchev–Trinajstić information content (AvgIpc) is 3.44. The van der Waals surface area contributed by atoms with Crippen molar-refractivity contribution in [3.63, 3.8) is 0 Å². The zero-order valence-corrected chi connectivity index (χ0v) is 18.2. The fraction of sp³-hybridized carbons (Fsp3) is 0.120. The van der Waals surface area contributed by atoms with Crippen molar-refractivity contribution in [3.8, 4) is 11.4 Å². The standard InChI is InChI=1S/C25H21FN4OS/c1-31-20-7-4-6-19(16-20)29-15-5-9-22(29)24-23(21-8-2-3-14-27-21)28-25(32)30(24)18-12-10-17(26)11-13-18/h2-16,23-24H,1H3,(H,28,32)/t23-,24-/m0/s1. The smallest absolute Gasteiger partial charge is 0.174 e. The van der Waals surface area contributed by atoms with E-state index in [1.54, 1.807) is 25.4 Å². The van der Waals surface area contributed by atoms with E-state index in [2.05, 4.69) is 20.9 Å². The first-order chi connectivity index (χ1) is 15.7. The van der Waals surface area contributed by atoms with E-state index in [1.165, 1.54) is 12.1 Å². The molecule has 1 aliphatic rings. The van der Waals surface area contributed by atoms with Crippen LogP contribution in [0.15, 0.2) is 91.3 Å². The van der Waals surface area contributed by atoms with Gasteiger partial charge in [-0.15, -0.1) is 0 Å². The van der Waals surface area contributed by atoms with Crippen molar-refractivity contribution in [3.05, 3.63) is 108 Å². The maximum atomic E-state index is 13.6. The molecule has 0 saturated carbocycles. The molecule has 160 valence electrons. The molecule has 1 N–H and O–H groups in total. The van der Waals surface area contributed by atoms with E-state index in [4.69, 9.17) is 17.0 Å². The number of hydrogen-bond donors (Lipinski definition) is 1. The van der Waals surface area contributed by atoms with Crippen molar-refractivity contribution in [2.75, 3.05) is 12.0 Å². The summed E-state index contributed by atoms with van der Waals surface area (Å²) in [6.07, 6.45) is 3.79. The van der Waals surface area contributed by atoms with Crippen molar-refractivity contribution in [1.29, 1.82) is 0 Å². The third kappa shape index (κ3) is 3.61. The van der Waals surface area contributed by atoms with Crippen LogP contribution in [0.4, 0.5) is 10.1 Å². The van der Waals surface area contributed by atoms with E-state index < -0.39 is 0 Å². The summed E-state index contributed by atoms with van der Waals surface area (Å²) in [7, 11) is 1.66. The number of aromatic nitrogens is 2. The number of anilines is 1. The van der Waals surface area contributed by atoms with Crippen LogP contribution in [-0.2, 0) is 0 Å². The van der Waals surface area contributed by atoms with E-state index in [0.29, 0.717) is 5.11 Å². The molecule has 2 atom stereocenters. The largest absolute Gasteiger partial charge is 0.497 e. The van der Waals surface area contributed by atoms with Gasteiger partial charge in [-0.25, -0.2) is 4.39 Å². The molecular weight excluding hydrogens is 423 g/mol. The van der Waals surface area contributed by atoms with Crippen molar-refractivity contribution >= 4 is 23.0 Å². The number of thiocarbonyl (C=S) groups is 1. The maximum Gasteiger partial charge on any atom is 0.174 e. The SMILES string of the molecule is COc1cccc(-n2cccc2[C@H]2[C@H](c3ccccn3)NC(=S)N2c2ccc(F)cc2)c1. The Morgan fingerprint density at radius 1 is 0.969 bits per heavy atom. The van der Waals surface area contributed by atoms with Crippen molar-refractivity contribution in [1.82, 2.24) is 14.9 Å². The van der Waals surface area contributed by atoms with Gasteiger partial charge in [0.05, 0.1) is 18.8 Å². The zero-order valence-electron chi connectivity index (χ0n) is 17.4. The molecule has 1 saturated heterocycles. The molecule has 5 nitrogen and oxygen atoms in total. The quantitative estimate of drug-likeness (QED) is 0.429. The van der Waals surface area contributed by atoms with Gasteiger partial charge < -0.3 is 19.5 Å². The van der Waals surface area contributed by atoms with Gasteiger partial charge >= 0.3 is 0 Å². The minimum atomic E-state index is -0.288. The second-order valence-corrected chi connectivity index (χ2v) is 7.86. The fourth-order valence-electron chi connectivity index (χ4n) is 4.17. The second kappa shape index (κ2) is 8.43. The molecule has 0 aliphatic carbocycles. The van der Waals surface area contributed by atoms with E-state index in [0.717, 1.165) is 28.5 Å². The van der Waals surface area contributed by atoms with Crippen LogP contribution in [0, 0.1) is 5.82 Å². The minimum absolute atomic E-state index is 0.187. The van der Waals surface area contributed by atoms with E-state index in [9.17, 15) is 4.39 Å². The Hall–Kier alpha value is -3.71. The first-order valence-corrected chi connectivity index (χ1v) is 10.6. The summed E-state index contributed by atoms with van der Waals surface area (Å²) in [5.74, 6) is 0.489. The number of ether oxygens (including phenoxy) is 1. The Bertz CT molecular complexity index is 1240. The normalized spacial score (nSPS) is 17.9. The lowest BCUT2D eigenvalue weighted by molar-refractivity contribution is 0.414. The Morgan fingerprint density at radius 3 is 2.56 bits per heavy atom. The number of halogens is 1. The molecule has 1 fully saturated rings. The lowest BCUT2D eigenvalue weighted by Crippen LogP contribution is -2.30. The zero-order chi connectivity index (χ0) is 22.1. The molecule has 0 bridgehead atoms. The molecule has 2 aromatic heterocycles. The topological polar surface area (TPSA) is 42.3 Å². The highest BCUT2D eigenvalue weighted by atomic mass is 32.1. The van der Waals surface area contributed by atoms with Crippen LogP contribution in [0.25, 0.3) is 5.69 Å². The number of nitrogens with one attached hydrogen (secondary N) is 1. The number of pyridine rings is 1. The summed E-state index contributed by atoms with van der Waals surface area (Å²) in [5, 5.41) is 4.00. The molecule has 0 amide bonds. The summed E-state index contributed by atoms with van der Waals surface area (Å²) in [6, 6.07) is 23.8. The molecule has 2 aromatic carbocycles. The Balaban J connectivity index is 1.66. The van der Waals surface area contributed by atoms with Crippen molar-refractivity contribution in [2.45, 2.75) is 12.1 Å². The monoisotopic (exact) mass is 444 g/mol. The van der Waals surface area contributed by atoms with Gasteiger partial charge in [0.25, 0.3) is 0 Å². The van der Waals surface area contributed by atoms with E-state index in [1.807, 2.05) is 59.6 Å². The fourth-order valence-corrected chi connectivity index (χ4v) is 4.51. The van der Waals surface area contributed by atoms with Crippen LogP contribution < -0.4 is 15.0 Å². The van der Waals surface area contributed by atoms with Gasteiger partial charge in [-0.2, -0.15) is 0 Å². The first-order valence-electron chi connectivity index (χ1n) is 10.2. The molecule has 0 radical (unpaired) electrons. The number of nitrogens with zero attached hydrogens (tertiary/aromatic N) is 3. The number of methoxy groups -OCH3 is 1. The Labute approximate surface area is 191 Å². The van der Waals surface area contributed by atoms with Gasteiger partial charge in [0.15, 0.2) is 5.11 Å². The molecular formula is C25H21FN4OS. The van der Waals surface area contributed by atoms with Crippen LogP contribution in [0.3, 0.4) is 0 Å². The molecule has 4 aromatic rings. The molecule has 32 heavy (non-hydrogen) atoms. The number of hydrogen-bond acceptors (Lipinski definition) is 3. The highest BCUT2D eigenvalue weighted by molar-refractivity contribution is 7.80. The van der Waals surface area contributed by atoms with E-state index in [-0.39, 0.29) is 17.9 Å². The predicted molar refractivity (Wildman–Crippen MR) is 127 cm³/mol. The van der Waals surface area contributed by atoms with Gasteiger partial charge in [0.1, 0.15) is 17.6 Å². The number of rotatable bonds is 5. The molecule has 7 heteroatoms. The van der Waals surface area contributed by atoms with Gasteiger partial charge in [0, 0.05) is 35.5 Å². The average molecular weight is 445 g/mol. The number of benzene rings is 2. The summed E-state index contributed by atoms with van der Waals surface area (Å²) in [4.78, 5) is 6.62. The first kappa shape index (κ1) is 20.2. The third-order valence-corrected chi connectivity index (χ3v) is 5.93. The van der Waals surface area contributed by atoms with Crippen molar-refractivity contribution < 1.29 is 9.13 Å². The third-order valence-electron chi connectivity index (χ3n) is 5.62. The van der Waals surface area contributed by atoms with Gasteiger partial charge in [0.2, 0.25) is 0 Å². The van der Waals surface area contributed by atoms with Crippen LogP contribution in [-0.4, -0.2) is 21.8 Å². The lowest BCUT2D eigenvalue weighted by Gasteiger charge is -2.29. The summed E-state index contributed by atoms with van der Waals surface area (Å²) in [6.45, 7) is 0. The Kier molecular flexibility index (Phi) is 5.33.